The van der Waals surface area contributed by atoms with Gasteiger partial charge in [-0.2, -0.15) is 180 Å². The minimum Gasteiger partial charge on any atom is -0.171 e. The van der Waals surface area contributed by atoms with E-state index in [1.807, 2.05) is 0 Å². The Morgan fingerprint density at radius 1 is 0.176 bits per heavy atom. The van der Waals surface area contributed by atoms with Crippen LogP contribution >= 0.6 is 0 Å². The van der Waals surface area contributed by atoms with E-state index in [-0.39, 0.29) is 22.4 Å². The van der Waals surface area contributed by atoms with Crippen molar-refractivity contribution in [1.82, 2.24) is 0 Å². The van der Waals surface area contributed by atoms with Gasteiger partial charge < -0.3 is 0 Å². The Kier molecular flexibility index (Phi) is 15.8. The van der Waals surface area contributed by atoms with Gasteiger partial charge in [0, 0.05) is 44.5 Å². The first-order valence-corrected chi connectivity index (χ1v) is 17.6. The average molecular weight is 1240 g/mol. The predicted octanol–water partition coefficient (Wildman–Crippen LogP) is 15.3. The fraction of sp³-hybridized carbons (Fsp3) is 0.333. The molecule has 0 aliphatic heterocycles. The third-order valence-corrected chi connectivity index (χ3v) is 10.2. The van der Waals surface area contributed by atoms with Gasteiger partial charge in [0.2, 0.25) is 0 Å². The summed E-state index contributed by atoms with van der Waals surface area (Å²) in [5.41, 5.74) is -74.1. The zero-order chi connectivity index (χ0) is 57.4. The van der Waals surface area contributed by atoms with Crippen LogP contribution in [-0.2, 0) is 96.5 Å². The molecule has 4 aromatic rings. The van der Waals surface area contributed by atoms with Crippen molar-refractivity contribution < 1.29 is 180 Å². The first-order valence-electron chi connectivity index (χ1n) is 17.6. The van der Waals surface area contributed by atoms with Crippen molar-refractivity contribution in [2.75, 3.05) is 0 Å². The van der Waals surface area contributed by atoms with Crippen molar-refractivity contribution in [2.45, 2.75) is 74.1 Å². The van der Waals surface area contributed by atoms with Gasteiger partial charge in [0.1, 0.15) is 6.15 Å². The number of hydrogen-bond donors (Lipinski definition) is 0. The first-order chi connectivity index (χ1) is 31.8. The predicted molar refractivity (Wildman–Crippen MR) is 170 cm³/mol. The second kappa shape index (κ2) is 18.4. The Hall–Kier alpha value is -4.83. The Bertz CT molecular complexity index is 2230. The molecule has 0 bridgehead atoms. The molecule has 0 unspecified atom stereocenters. The van der Waals surface area contributed by atoms with Gasteiger partial charge in [-0.3, -0.25) is 0 Å². The summed E-state index contributed by atoms with van der Waals surface area (Å²) in [5.74, 6) is 0. The summed E-state index contributed by atoms with van der Waals surface area (Å²) in [4.78, 5) is 0. The van der Waals surface area contributed by atoms with Gasteiger partial charge >= 0.3 is 96.5 Å². The van der Waals surface area contributed by atoms with Gasteiger partial charge in [0.15, 0.2) is 0 Å². The molecule has 0 N–H and O–H groups in total. The third kappa shape index (κ3) is 12.2. The molecular weight excluding hydrogens is 1240 g/mol. The van der Waals surface area contributed by atoms with Crippen molar-refractivity contribution in [3.8, 4) is 0 Å². The van der Waals surface area contributed by atoms with E-state index in [4.69, 9.17) is 0 Å². The van der Waals surface area contributed by atoms with Crippen molar-refractivity contribution in [3.63, 3.8) is 0 Å². The molecule has 4 rings (SSSR count). The van der Waals surface area contributed by atoms with Crippen LogP contribution in [0.3, 0.4) is 0 Å². The summed E-state index contributed by atoms with van der Waals surface area (Å²) in [7, 11) is 0. The normalized spacial score (nSPS) is 14.6. The van der Waals surface area contributed by atoms with Crippen molar-refractivity contribution in [2.24, 2.45) is 0 Å². The second-order valence-electron chi connectivity index (χ2n) is 14.8. The van der Waals surface area contributed by atoms with Crippen molar-refractivity contribution in [3.05, 3.63) is 115 Å². The van der Waals surface area contributed by atoms with E-state index in [0.717, 1.165) is 0 Å². The fourth-order valence-electron chi connectivity index (χ4n) is 7.88. The monoisotopic (exact) mass is 1240 g/mol. The van der Waals surface area contributed by atoms with Gasteiger partial charge in [-0.1, -0.05) is 0 Å². The standard InChI is InChI=1S/C36H8BF36.Ag/c38-25(39,40)9-1-13(29(50,51)52)21(14(2-9)30(53,54)55)37(22-15(31(56,57)58)3-10(26(41,42)43)4-16(22)32(59,60)61,23-17(33(62,63)64)5-11(27(44,45)46)6-18(23)34(65,66)67)24-19(35(68,69)70)7-12(28(47,48)49)8-20(24)36(71,72)73;/h1-8H;/q-1;+1. The maximum atomic E-state index is 15.4. The summed E-state index contributed by atoms with van der Waals surface area (Å²) < 4.78 is 540. The molecule has 0 radical (unpaired) electrons. The number of benzene rings is 4. The van der Waals surface area contributed by atoms with E-state index in [1.54, 1.807) is 0 Å². The van der Waals surface area contributed by atoms with E-state index < -0.39 is 217 Å². The molecular formula is C36H8AgBF36. The van der Waals surface area contributed by atoms with Crippen LogP contribution in [0.4, 0.5) is 158 Å². The SMILES string of the molecule is FC(F)(F)c1cc(C(F)(F)F)c([B-](c2c(C(F)(F)F)cc(C(F)(F)F)cc2C(F)(F)F)(c2c(C(F)(F)F)cc(C(F)(F)F)cc2C(F)(F)F)c2c(C(F)(F)F)cc(C(F)(F)F)cc2C(F)(F)F)c(C(F)(F)F)c1.[Ag+]. The minimum atomic E-state index is -9.45. The van der Waals surface area contributed by atoms with E-state index in [9.17, 15) is 52.7 Å². The second-order valence-corrected chi connectivity index (χ2v) is 14.8. The summed E-state index contributed by atoms with van der Waals surface area (Å²) in [6, 6.07) is -18.1. The van der Waals surface area contributed by atoms with E-state index in [0.29, 0.717) is 0 Å². The number of alkyl halides is 36. The van der Waals surface area contributed by atoms with E-state index in [2.05, 4.69) is 0 Å². The largest absolute Gasteiger partial charge is 1.00 e. The molecule has 0 aliphatic carbocycles. The molecule has 0 saturated heterocycles. The van der Waals surface area contributed by atoms with E-state index >= 15 is 105 Å². The first kappa shape index (κ1) is 63.5. The molecule has 0 saturated carbocycles. The molecule has 418 valence electrons. The molecule has 0 atom stereocenters. The number of rotatable bonds is 4. The molecule has 0 heterocycles. The number of halogens is 36. The summed E-state index contributed by atoms with van der Waals surface area (Å²) in [6.07, 6.45) is -101. The van der Waals surface area contributed by atoms with Crippen LogP contribution in [-0.4, -0.2) is 6.15 Å². The minimum absolute atomic E-state index is 0. The van der Waals surface area contributed by atoms with Gasteiger partial charge in [-0.15, -0.1) is 0 Å². The van der Waals surface area contributed by atoms with Gasteiger partial charge in [-0.25, -0.2) is 0 Å². The Labute approximate surface area is 397 Å². The third-order valence-electron chi connectivity index (χ3n) is 10.2. The van der Waals surface area contributed by atoms with Crippen LogP contribution in [0.15, 0.2) is 48.5 Å². The topological polar surface area (TPSA) is 0 Å². The molecule has 74 heavy (non-hydrogen) atoms. The van der Waals surface area contributed by atoms with Crippen LogP contribution in [0.25, 0.3) is 0 Å². The van der Waals surface area contributed by atoms with Crippen molar-refractivity contribution >= 4 is 28.0 Å². The van der Waals surface area contributed by atoms with Crippen molar-refractivity contribution in [1.29, 1.82) is 0 Å². The fourth-order valence-corrected chi connectivity index (χ4v) is 7.88. The molecule has 0 aliphatic rings. The van der Waals surface area contributed by atoms with Crippen LogP contribution in [0.1, 0.15) is 66.8 Å². The quantitative estimate of drug-likeness (QED) is 0.141. The maximum Gasteiger partial charge on any atom is 1.00 e. The molecule has 0 fully saturated rings. The summed E-state index contributed by atoms with van der Waals surface area (Å²) >= 11 is 0. The van der Waals surface area contributed by atoms with Crippen LogP contribution in [0.5, 0.6) is 0 Å². The molecule has 0 spiro atoms. The van der Waals surface area contributed by atoms with E-state index in [1.165, 1.54) is 0 Å². The maximum absolute atomic E-state index is 15.4. The van der Waals surface area contributed by atoms with Crippen LogP contribution < -0.4 is 21.9 Å². The molecule has 0 amide bonds. The molecule has 0 aromatic heterocycles. The molecule has 4 aromatic carbocycles. The summed E-state index contributed by atoms with van der Waals surface area (Å²) in [6.45, 7) is 0. The molecule has 38 heteroatoms. The average Bonchev–Trinajstić information content (AvgIpc) is 3.12. The van der Waals surface area contributed by atoms with Gasteiger partial charge in [0.05, 0.1) is 22.3 Å². The van der Waals surface area contributed by atoms with Gasteiger partial charge in [-0.05, 0) is 48.5 Å². The summed E-state index contributed by atoms with van der Waals surface area (Å²) in [5, 5.41) is 0. The Morgan fingerprint density at radius 2 is 0.270 bits per heavy atom. The van der Waals surface area contributed by atoms with Crippen LogP contribution in [0.2, 0.25) is 0 Å². The Morgan fingerprint density at radius 3 is 0.338 bits per heavy atom. The van der Waals surface area contributed by atoms with Crippen LogP contribution in [0, 0.1) is 0 Å². The van der Waals surface area contributed by atoms with Gasteiger partial charge in [0.25, 0.3) is 0 Å². The number of hydrogen-bond acceptors (Lipinski definition) is 0. The zero-order valence-corrected chi connectivity index (χ0v) is 34.6. The molecule has 0 nitrogen and oxygen atoms in total. The zero-order valence-electron chi connectivity index (χ0n) is 33.1. The smallest absolute Gasteiger partial charge is 0.171 e. The Balaban J connectivity index is 0.0000144.